The summed E-state index contributed by atoms with van der Waals surface area (Å²) in [6.07, 6.45) is -0.565. The van der Waals surface area contributed by atoms with E-state index in [1.54, 1.807) is 27.4 Å². The van der Waals surface area contributed by atoms with Crippen LogP contribution in [-0.4, -0.2) is 40.4 Å². The molecular formula is C21H25N3O7. The molecule has 0 unspecified atom stereocenters. The molecule has 31 heavy (non-hydrogen) atoms. The smallest absolute Gasteiger partial charge is 0.326 e. The number of carbonyl (C=O) groups excluding carboxylic acids is 1. The van der Waals surface area contributed by atoms with Crippen LogP contribution in [0.2, 0.25) is 0 Å². The number of amides is 2. The first-order valence-electron chi connectivity index (χ1n) is 9.67. The molecule has 2 amide bonds. The molecule has 0 fully saturated rings. The van der Waals surface area contributed by atoms with Gasteiger partial charge in [0.2, 0.25) is 12.5 Å². The molecule has 10 heteroatoms. The standard InChI is InChI=1S/C21H25N3O7/c1-10-18(11-5-16(26-2)19(28-4)17(6-11)27-3)12-7-14-15(30-9-29-14)8-13(12)31-20(10)23-24-21(22)25/h5-8,10,18,20,23H,9H2,1-4H3,(H3,22,24,25)/t10-,18-,20-/m0/s1. The Labute approximate surface area is 179 Å². The molecule has 0 aromatic heterocycles. The highest BCUT2D eigenvalue weighted by Gasteiger charge is 2.39. The molecule has 2 aliphatic heterocycles. The molecule has 10 nitrogen and oxygen atoms in total. The second-order valence-electron chi connectivity index (χ2n) is 7.21. The number of nitrogens with one attached hydrogen (secondary N) is 2. The lowest BCUT2D eigenvalue weighted by Gasteiger charge is -2.38. The van der Waals surface area contributed by atoms with Crippen molar-refractivity contribution in [1.82, 2.24) is 10.9 Å². The van der Waals surface area contributed by atoms with Crippen LogP contribution in [0.3, 0.4) is 0 Å². The van der Waals surface area contributed by atoms with E-state index in [0.717, 1.165) is 11.1 Å². The first-order valence-corrected chi connectivity index (χ1v) is 9.67. The minimum atomic E-state index is -0.711. The Hall–Kier alpha value is -3.53. The quantitative estimate of drug-likeness (QED) is 0.595. The second kappa shape index (κ2) is 8.31. The summed E-state index contributed by atoms with van der Waals surface area (Å²) >= 11 is 0. The van der Waals surface area contributed by atoms with Gasteiger partial charge in [-0.1, -0.05) is 6.92 Å². The van der Waals surface area contributed by atoms with Gasteiger partial charge in [0, 0.05) is 23.5 Å². The third-order valence-corrected chi connectivity index (χ3v) is 5.48. The molecule has 2 heterocycles. The summed E-state index contributed by atoms with van der Waals surface area (Å²) < 4.78 is 33.8. The number of ether oxygens (including phenoxy) is 6. The maximum absolute atomic E-state index is 11.2. The molecule has 0 radical (unpaired) electrons. The molecule has 0 saturated heterocycles. The third-order valence-electron chi connectivity index (χ3n) is 5.48. The predicted molar refractivity (Wildman–Crippen MR) is 110 cm³/mol. The number of carbonyl (C=O) groups is 1. The Kier molecular flexibility index (Phi) is 5.55. The second-order valence-corrected chi connectivity index (χ2v) is 7.21. The molecule has 2 aromatic rings. The summed E-state index contributed by atoms with van der Waals surface area (Å²) in [7, 11) is 4.70. The van der Waals surface area contributed by atoms with Crippen molar-refractivity contribution in [1.29, 1.82) is 0 Å². The topological polar surface area (TPSA) is 123 Å². The maximum Gasteiger partial charge on any atom is 0.326 e. The van der Waals surface area contributed by atoms with Crippen LogP contribution in [0.5, 0.6) is 34.5 Å². The normalized spacial score (nSPS) is 21.0. The van der Waals surface area contributed by atoms with Crippen molar-refractivity contribution >= 4 is 6.03 Å². The van der Waals surface area contributed by atoms with E-state index in [1.165, 1.54) is 0 Å². The van der Waals surface area contributed by atoms with Gasteiger partial charge in [-0.2, -0.15) is 5.43 Å². The minimum Gasteiger partial charge on any atom is -0.493 e. The zero-order valence-electron chi connectivity index (χ0n) is 17.7. The van der Waals surface area contributed by atoms with Crippen LogP contribution in [0, 0.1) is 5.92 Å². The number of nitrogens with two attached hydrogens (primary N) is 1. The highest BCUT2D eigenvalue weighted by Crippen LogP contribution is 2.51. The molecule has 0 spiro atoms. The van der Waals surface area contributed by atoms with Crippen molar-refractivity contribution in [3.8, 4) is 34.5 Å². The fourth-order valence-corrected chi connectivity index (χ4v) is 4.05. The fourth-order valence-electron chi connectivity index (χ4n) is 4.05. The zero-order chi connectivity index (χ0) is 22.1. The molecule has 4 rings (SSSR count). The number of benzene rings is 2. The van der Waals surface area contributed by atoms with E-state index in [0.29, 0.717) is 34.5 Å². The van der Waals surface area contributed by atoms with Crippen molar-refractivity contribution in [2.75, 3.05) is 28.1 Å². The van der Waals surface area contributed by atoms with Crippen LogP contribution >= 0.6 is 0 Å². The molecule has 4 N–H and O–H groups in total. The van der Waals surface area contributed by atoms with Crippen LogP contribution in [0.1, 0.15) is 24.0 Å². The van der Waals surface area contributed by atoms with E-state index in [9.17, 15) is 4.79 Å². The number of hydrazine groups is 1. The Bertz CT molecular complexity index is 972. The molecule has 2 aromatic carbocycles. The van der Waals surface area contributed by atoms with Gasteiger partial charge in [0.25, 0.3) is 0 Å². The Morgan fingerprint density at radius 3 is 2.23 bits per heavy atom. The number of fused-ring (bicyclic) bond motifs is 2. The number of hydrogen-bond donors (Lipinski definition) is 3. The molecule has 0 aliphatic carbocycles. The Morgan fingerprint density at radius 1 is 1.00 bits per heavy atom. The van der Waals surface area contributed by atoms with Gasteiger partial charge in [0.1, 0.15) is 5.75 Å². The van der Waals surface area contributed by atoms with Gasteiger partial charge < -0.3 is 34.2 Å². The number of rotatable bonds is 6. The zero-order valence-corrected chi connectivity index (χ0v) is 17.7. The molecule has 0 bridgehead atoms. The first kappa shape index (κ1) is 20.7. The average molecular weight is 431 g/mol. The van der Waals surface area contributed by atoms with E-state index < -0.39 is 12.3 Å². The number of hydrogen-bond acceptors (Lipinski definition) is 8. The minimum absolute atomic E-state index is 0.137. The van der Waals surface area contributed by atoms with Crippen LogP contribution in [0.25, 0.3) is 0 Å². The van der Waals surface area contributed by atoms with Crippen LogP contribution in [-0.2, 0) is 0 Å². The number of methoxy groups -OCH3 is 3. The molecule has 3 atom stereocenters. The summed E-state index contributed by atoms with van der Waals surface area (Å²) in [5.41, 5.74) is 12.3. The molecule has 166 valence electrons. The molecular weight excluding hydrogens is 406 g/mol. The summed E-state index contributed by atoms with van der Waals surface area (Å²) in [6.45, 7) is 2.15. The van der Waals surface area contributed by atoms with Crippen molar-refractivity contribution in [2.24, 2.45) is 11.7 Å². The van der Waals surface area contributed by atoms with Gasteiger partial charge in [-0.15, -0.1) is 0 Å². The first-order chi connectivity index (χ1) is 15.0. The highest BCUT2D eigenvalue weighted by atomic mass is 16.7. The summed E-state index contributed by atoms with van der Waals surface area (Å²) in [5.74, 6) is 3.12. The van der Waals surface area contributed by atoms with Gasteiger partial charge in [0.15, 0.2) is 29.2 Å². The highest BCUT2D eigenvalue weighted by molar-refractivity contribution is 5.71. The van der Waals surface area contributed by atoms with E-state index in [-0.39, 0.29) is 18.6 Å². The van der Waals surface area contributed by atoms with E-state index in [2.05, 4.69) is 10.9 Å². The van der Waals surface area contributed by atoms with Crippen molar-refractivity contribution < 1.29 is 33.2 Å². The molecule has 2 aliphatic rings. The van der Waals surface area contributed by atoms with Crippen molar-refractivity contribution in [2.45, 2.75) is 19.1 Å². The summed E-state index contributed by atoms with van der Waals surface area (Å²) in [4.78, 5) is 11.2. The summed E-state index contributed by atoms with van der Waals surface area (Å²) in [6, 6.07) is 6.80. The van der Waals surface area contributed by atoms with Crippen molar-refractivity contribution in [3.05, 3.63) is 35.4 Å². The van der Waals surface area contributed by atoms with Gasteiger partial charge in [-0.25, -0.2) is 4.79 Å². The van der Waals surface area contributed by atoms with Gasteiger partial charge >= 0.3 is 6.03 Å². The SMILES string of the molecule is COc1cc([C@H]2c3cc4c(cc3O[C@H](NNC(N)=O)[C@H]2C)OCO4)cc(OC)c1OC. The molecule has 0 saturated carbocycles. The van der Waals surface area contributed by atoms with E-state index >= 15 is 0 Å². The van der Waals surface area contributed by atoms with Crippen molar-refractivity contribution in [3.63, 3.8) is 0 Å². The Balaban J connectivity index is 1.84. The predicted octanol–water partition coefficient (Wildman–Crippen LogP) is 2.10. The van der Waals surface area contributed by atoms with E-state index in [4.69, 9.17) is 34.2 Å². The number of urea groups is 1. The lowest BCUT2D eigenvalue weighted by molar-refractivity contribution is 0.0691. The summed E-state index contributed by atoms with van der Waals surface area (Å²) in [5, 5.41) is 0. The fraction of sp³-hybridized carbons (Fsp3) is 0.381. The van der Waals surface area contributed by atoms with Gasteiger partial charge in [-0.3, -0.25) is 5.43 Å². The van der Waals surface area contributed by atoms with Gasteiger partial charge in [0.05, 0.1) is 21.3 Å². The van der Waals surface area contributed by atoms with Gasteiger partial charge in [-0.05, 0) is 23.8 Å². The lowest BCUT2D eigenvalue weighted by Crippen LogP contribution is -2.54. The van der Waals surface area contributed by atoms with Crippen LogP contribution in [0.4, 0.5) is 4.79 Å². The number of primary amides is 1. The largest absolute Gasteiger partial charge is 0.493 e. The van der Waals surface area contributed by atoms with E-state index in [1.807, 2.05) is 25.1 Å². The average Bonchev–Trinajstić information content (AvgIpc) is 3.22. The Morgan fingerprint density at radius 2 is 1.65 bits per heavy atom. The maximum atomic E-state index is 11.2. The van der Waals surface area contributed by atoms with Crippen LogP contribution in [0.15, 0.2) is 24.3 Å². The monoisotopic (exact) mass is 431 g/mol. The van der Waals surface area contributed by atoms with Crippen LogP contribution < -0.4 is 45.0 Å². The lowest BCUT2D eigenvalue weighted by atomic mass is 9.78. The third kappa shape index (κ3) is 3.70.